The van der Waals surface area contributed by atoms with E-state index in [0.717, 1.165) is 29.7 Å². The van der Waals surface area contributed by atoms with Crippen molar-refractivity contribution in [3.05, 3.63) is 87.9 Å². The molecule has 1 saturated heterocycles. The van der Waals surface area contributed by atoms with Crippen molar-refractivity contribution in [2.24, 2.45) is 16.8 Å². The number of fused-ring (bicyclic) bond motifs is 1. The number of nitrogens with zero attached hydrogens (tertiary/aromatic N) is 1. The Morgan fingerprint density at radius 3 is 2.50 bits per heavy atom. The first-order valence-electron chi connectivity index (χ1n) is 10.2. The van der Waals surface area contributed by atoms with E-state index in [1.54, 1.807) is 6.08 Å². The average Bonchev–Trinajstić information content (AvgIpc) is 3.13. The van der Waals surface area contributed by atoms with E-state index in [9.17, 15) is 4.79 Å². The van der Waals surface area contributed by atoms with Crippen LogP contribution in [0.3, 0.4) is 0 Å². The largest absolute Gasteiger partial charge is 0.356 e. The van der Waals surface area contributed by atoms with Gasteiger partial charge >= 0.3 is 0 Å². The maximum atomic E-state index is 12.4. The number of halogens is 2. The molecule has 4 unspecified atom stereocenters. The molecule has 5 heteroatoms. The maximum absolute atomic E-state index is 12.4. The van der Waals surface area contributed by atoms with Crippen molar-refractivity contribution >= 4 is 41.5 Å². The number of hydrogen-bond donors (Lipinski definition) is 1. The van der Waals surface area contributed by atoms with Crippen LogP contribution in [0.5, 0.6) is 0 Å². The van der Waals surface area contributed by atoms with Gasteiger partial charge in [0.25, 0.3) is 0 Å². The van der Waals surface area contributed by atoms with Gasteiger partial charge in [0.15, 0.2) is 0 Å². The fraction of sp³-hybridized carbons (Fsp3) is 0.280. The summed E-state index contributed by atoms with van der Waals surface area (Å²) < 4.78 is 0. The Morgan fingerprint density at radius 1 is 1.10 bits per heavy atom. The highest BCUT2D eigenvalue weighted by molar-refractivity contribution is 6.31. The first kappa shape index (κ1) is 20.9. The van der Waals surface area contributed by atoms with E-state index < -0.39 is 0 Å². The van der Waals surface area contributed by atoms with Crippen LogP contribution in [-0.4, -0.2) is 19.2 Å². The molecule has 4 rings (SSSR count). The standard InChI is InChI=1S/C25H24Cl2N2O/c1-3-4-23(28-2)16-7-10-18(22(27)13-16)19-11-12-20-21(14-29-25(20)30)24(19)15-5-8-17(26)9-6-15/h3-10,13,19-21,24H,1-2,11-12,14H2,(H,29,30)/b23-4-. The van der Waals surface area contributed by atoms with Gasteiger partial charge in [0.2, 0.25) is 5.91 Å². The third-order valence-corrected chi connectivity index (χ3v) is 7.02. The van der Waals surface area contributed by atoms with E-state index in [-0.39, 0.29) is 29.6 Å². The lowest BCUT2D eigenvalue weighted by atomic mass is 9.63. The van der Waals surface area contributed by atoms with Crippen LogP contribution in [0.25, 0.3) is 5.70 Å². The number of benzene rings is 2. The topological polar surface area (TPSA) is 41.5 Å². The molecule has 1 N–H and O–H groups in total. The summed E-state index contributed by atoms with van der Waals surface area (Å²) in [5.74, 6) is 0.913. The second-order valence-corrected chi connectivity index (χ2v) is 8.80. The summed E-state index contributed by atoms with van der Waals surface area (Å²) in [6.45, 7) is 8.08. The van der Waals surface area contributed by atoms with Crippen molar-refractivity contribution in [3.8, 4) is 0 Å². The molecule has 30 heavy (non-hydrogen) atoms. The van der Waals surface area contributed by atoms with Crippen LogP contribution in [0.1, 0.15) is 41.4 Å². The van der Waals surface area contributed by atoms with Crippen LogP contribution in [0.2, 0.25) is 10.0 Å². The zero-order chi connectivity index (χ0) is 21.3. The highest BCUT2D eigenvalue weighted by Gasteiger charge is 2.47. The van der Waals surface area contributed by atoms with Gasteiger partial charge in [-0.2, -0.15) is 0 Å². The molecule has 1 saturated carbocycles. The number of allylic oxidation sites excluding steroid dienone is 2. The lowest BCUT2D eigenvalue weighted by molar-refractivity contribution is -0.123. The molecule has 2 fully saturated rings. The van der Waals surface area contributed by atoms with Crippen LogP contribution in [0.4, 0.5) is 0 Å². The molecule has 1 aliphatic carbocycles. The van der Waals surface area contributed by atoms with Crippen LogP contribution >= 0.6 is 23.2 Å². The van der Waals surface area contributed by atoms with Crippen molar-refractivity contribution in [1.29, 1.82) is 0 Å². The van der Waals surface area contributed by atoms with Crippen LogP contribution < -0.4 is 5.32 Å². The highest BCUT2D eigenvalue weighted by Crippen LogP contribution is 2.52. The Bertz CT molecular complexity index is 1010. The molecule has 4 atom stereocenters. The molecule has 1 amide bonds. The molecule has 3 nitrogen and oxygen atoms in total. The monoisotopic (exact) mass is 438 g/mol. The molecule has 0 aromatic heterocycles. The quantitative estimate of drug-likeness (QED) is 0.435. The van der Waals surface area contributed by atoms with E-state index in [0.29, 0.717) is 16.6 Å². The Hall–Kier alpha value is -2.36. The van der Waals surface area contributed by atoms with Gasteiger partial charge in [-0.1, -0.05) is 60.1 Å². The Morgan fingerprint density at radius 2 is 1.83 bits per heavy atom. The normalized spacial score (nSPS) is 26.1. The predicted octanol–water partition coefficient (Wildman–Crippen LogP) is 6.24. The fourth-order valence-electron chi connectivity index (χ4n) is 5.10. The zero-order valence-electron chi connectivity index (χ0n) is 16.7. The van der Waals surface area contributed by atoms with Gasteiger partial charge in [0.1, 0.15) is 0 Å². The summed E-state index contributed by atoms with van der Waals surface area (Å²) in [7, 11) is 0. The third-order valence-electron chi connectivity index (χ3n) is 6.45. The Kier molecular flexibility index (Phi) is 6.12. The molecule has 2 aromatic carbocycles. The van der Waals surface area contributed by atoms with Crippen molar-refractivity contribution < 1.29 is 4.79 Å². The minimum Gasteiger partial charge on any atom is -0.356 e. The van der Waals surface area contributed by atoms with Crippen LogP contribution in [-0.2, 0) is 4.79 Å². The van der Waals surface area contributed by atoms with Crippen molar-refractivity contribution in [2.45, 2.75) is 24.7 Å². The van der Waals surface area contributed by atoms with Crippen LogP contribution in [0, 0.1) is 11.8 Å². The summed E-state index contributed by atoms with van der Waals surface area (Å²) in [6.07, 6.45) is 5.29. The van der Waals surface area contributed by atoms with Gasteiger partial charge < -0.3 is 5.32 Å². The highest BCUT2D eigenvalue weighted by atomic mass is 35.5. The summed E-state index contributed by atoms with van der Waals surface area (Å²) >= 11 is 12.9. The van der Waals surface area contributed by atoms with E-state index in [4.69, 9.17) is 23.2 Å². The predicted molar refractivity (Wildman–Crippen MR) is 125 cm³/mol. The van der Waals surface area contributed by atoms with Crippen molar-refractivity contribution in [3.63, 3.8) is 0 Å². The molecule has 2 aromatic rings. The second kappa shape index (κ2) is 8.79. The zero-order valence-corrected chi connectivity index (χ0v) is 18.2. The number of aliphatic imine (C=N–C) groups is 1. The average molecular weight is 439 g/mol. The smallest absolute Gasteiger partial charge is 0.223 e. The summed E-state index contributed by atoms with van der Waals surface area (Å²) in [4.78, 5) is 16.5. The van der Waals surface area contributed by atoms with E-state index in [1.807, 2.05) is 30.3 Å². The third kappa shape index (κ3) is 3.84. The molecule has 0 radical (unpaired) electrons. The van der Waals surface area contributed by atoms with Gasteiger partial charge in [0, 0.05) is 28.1 Å². The number of amides is 1. The summed E-state index contributed by atoms with van der Waals surface area (Å²) in [5, 5.41) is 4.50. The summed E-state index contributed by atoms with van der Waals surface area (Å²) in [6, 6.07) is 14.1. The van der Waals surface area contributed by atoms with E-state index in [1.165, 1.54) is 5.56 Å². The molecule has 0 bridgehead atoms. The minimum atomic E-state index is 0.0621. The van der Waals surface area contributed by atoms with E-state index in [2.05, 4.69) is 41.8 Å². The molecule has 154 valence electrons. The number of carbonyl (C=O) groups excluding carboxylic acids is 1. The maximum Gasteiger partial charge on any atom is 0.223 e. The summed E-state index contributed by atoms with van der Waals surface area (Å²) in [5.41, 5.74) is 3.96. The lowest BCUT2D eigenvalue weighted by Gasteiger charge is -2.40. The van der Waals surface area contributed by atoms with Crippen LogP contribution in [0.15, 0.2) is 66.2 Å². The SMILES string of the molecule is C=C/C=C(\N=C)c1ccc(C2CCC3C(=O)NCC3C2c2ccc(Cl)cc2)c(Cl)c1. The Balaban J connectivity index is 1.75. The Labute approximate surface area is 187 Å². The number of rotatable bonds is 5. The molecule has 1 aliphatic heterocycles. The van der Waals surface area contributed by atoms with Gasteiger partial charge in [-0.05, 0) is 72.7 Å². The number of nitrogens with one attached hydrogen (secondary N) is 1. The van der Waals surface area contributed by atoms with Crippen molar-refractivity contribution in [2.75, 3.05) is 6.54 Å². The molecular weight excluding hydrogens is 415 g/mol. The minimum absolute atomic E-state index is 0.0621. The fourth-order valence-corrected chi connectivity index (χ4v) is 5.54. The molecular formula is C25H24Cl2N2O. The van der Waals surface area contributed by atoms with Gasteiger partial charge in [-0.3, -0.25) is 9.79 Å². The van der Waals surface area contributed by atoms with Gasteiger partial charge in [-0.15, -0.1) is 0 Å². The first-order valence-corrected chi connectivity index (χ1v) is 10.9. The van der Waals surface area contributed by atoms with Crippen molar-refractivity contribution in [1.82, 2.24) is 5.32 Å². The lowest BCUT2D eigenvalue weighted by Crippen LogP contribution is -2.32. The second-order valence-electron chi connectivity index (χ2n) is 7.96. The molecule has 2 aliphatic rings. The van der Waals surface area contributed by atoms with Gasteiger partial charge in [-0.25, -0.2) is 0 Å². The van der Waals surface area contributed by atoms with Gasteiger partial charge in [0.05, 0.1) is 5.70 Å². The van der Waals surface area contributed by atoms with E-state index >= 15 is 0 Å². The molecule has 1 heterocycles. The number of hydrogen-bond acceptors (Lipinski definition) is 2. The first-order chi connectivity index (χ1) is 14.5. The number of carbonyl (C=O) groups is 1. The molecule has 0 spiro atoms.